The van der Waals surface area contributed by atoms with Crippen molar-refractivity contribution in [1.29, 1.82) is 0 Å². The fourth-order valence-electron chi connectivity index (χ4n) is 3.48. The Morgan fingerprint density at radius 3 is 2.55 bits per heavy atom. The van der Waals surface area contributed by atoms with Crippen molar-refractivity contribution in [3.8, 4) is 0 Å². The van der Waals surface area contributed by atoms with E-state index in [0.29, 0.717) is 0 Å². The molecular formula is C17H23N3. The van der Waals surface area contributed by atoms with Gasteiger partial charge in [0, 0.05) is 35.5 Å². The van der Waals surface area contributed by atoms with Gasteiger partial charge < -0.3 is 10.6 Å². The Morgan fingerprint density at radius 1 is 1.15 bits per heavy atom. The SMILES string of the molecule is Cc1cc(N2CC(C)CC(C)C2)c2cc(N)ccc2n1. The summed E-state index contributed by atoms with van der Waals surface area (Å²) in [5, 5.41) is 1.18. The summed E-state index contributed by atoms with van der Waals surface area (Å²) < 4.78 is 0. The van der Waals surface area contributed by atoms with Gasteiger partial charge in [-0.25, -0.2) is 0 Å². The first-order valence-electron chi connectivity index (χ1n) is 7.45. The van der Waals surface area contributed by atoms with Gasteiger partial charge in [-0.05, 0) is 49.4 Å². The molecule has 2 atom stereocenters. The van der Waals surface area contributed by atoms with E-state index in [1.54, 1.807) is 0 Å². The molecule has 1 aliphatic rings. The Labute approximate surface area is 120 Å². The summed E-state index contributed by atoms with van der Waals surface area (Å²) in [5.41, 5.74) is 10.2. The molecule has 2 unspecified atom stereocenters. The maximum atomic E-state index is 5.97. The number of hydrogen-bond donors (Lipinski definition) is 1. The second kappa shape index (κ2) is 4.97. The van der Waals surface area contributed by atoms with Crippen LogP contribution in [0.1, 0.15) is 26.0 Å². The van der Waals surface area contributed by atoms with Crippen molar-refractivity contribution in [2.75, 3.05) is 23.7 Å². The number of hydrogen-bond acceptors (Lipinski definition) is 3. The van der Waals surface area contributed by atoms with E-state index in [-0.39, 0.29) is 0 Å². The topological polar surface area (TPSA) is 42.1 Å². The molecule has 106 valence electrons. The summed E-state index contributed by atoms with van der Waals surface area (Å²) in [7, 11) is 0. The van der Waals surface area contributed by atoms with E-state index in [1.165, 1.54) is 17.5 Å². The van der Waals surface area contributed by atoms with Crippen molar-refractivity contribution < 1.29 is 0 Å². The molecule has 3 nitrogen and oxygen atoms in total. The van der Waals surface area contributed by atoms with Crippen molar-refractivity contribution in [2.24, 2.45) is 11.8 Å². The number of aromatic nitrogens is 1. The van der Waals surface area contributed by atoms with Crippen LogP contribution in [0.2, 0.25) is 0 Å². The van der Waals surface area contributed by atoms with Gasteiger partial charge in [0.25, 0.3) is 0 Å². The van der Waals surface area contributed by atoms with Gasteiger partial charge in [-0.1, -0.05) is 13.8 Å². The molecule has 0 radical (unpaired) electrons. The smallest absolute Gasteiger partial charge is 0.0727 e. The fourth-order valence-corrected chi connectivity index (χ4v) is 3.48. The van der Waals surface area contributed by atoms with E-state index in [2.05, 4.69) is 42.8 Å². The summed E-state index contributed by atoms with van der Waals surface area (Å²) in [6, 6.07) is 8.21. The number of aryl methyl sites for hydroxylation is 1. The van der Waals surface area contributed by atoms with Crippen molar-refractivity contribution in [3.63, 3.8) is 0 Å². The molecule has 0 saturated carbocycles. The lowest BCUT2D eigenvalue weighted by Gasteiger charge is -2.37. The third kappa shape index (κ3) is 2.45. The number of nitrogens with two attached hydrogens (primary N) is 1. The van der Waals surface area contributed by atoms with E-state index in [4.69, 9.17) is 5.73 Å². The molecule has 3 heteroatoms. The average Bonchev–Trinajstić information content (AvgIpc) is 2.37. The predicted octanol–water partition coefficient (Wildman–Crippen LogP) is 3.61. The van der Waals surface area contributed by atoms with Crippen LogP contribution in [0.5, 0.6) is 0 Å². The molecule has 1 aromatic heterocycles. The third-order valence-electron chi connectivity index (χ3n) is 4.15. The average molecular weight is 269 g/mol. The number of anilines is 2. The fraction of sp³-hybridized carbons (Fsp3) is 0.471. The molecule has 0 aliphatic carbocycles. The van der Waals surface area contributed by atoms with E-state index in [9.17, 15) is 0 Å². The molecule has 0 amide bonds. The lowest BCUT2D eigenvalue weighted by Crippen LogP contribution is -2.38. The molecule has 1 aromatic carbocycles. The summed E-state index contributed by atoms with van der Waals surface area (Å²) in [4.78, 5) is 7.14. The first-order valence-corrected chi connectivity index (χ1v) is 7.45. The van der Waals surface area contributed by atoms with Crippen LogP contribution in [-0.2, 0) is 0 Å². The summed E-state index contributed by atoms with van der Waals surface area (Å²) >= 11 is 0. The highest BCUT2D eigenvalue weighted by molar-refractivity contribution is 5.94. The zero-order valence-corrected chi connectivity index (χ0v) is 12.6. The number of benzene rings is 1. The van der Waals surface area contributed by atoms with Crippen LogP contribution in [0.15, 0.2) is 24.3 Å². The molecule has 1 fully saturated rings. The van der Waals surface area contributed by atoms with Gasteiger partial charge in [0.2, 0.25) is 0 Å². The van der Waals surface area contributed by atoms with Crippen molar-refractivity contribution in [1.82, 2.24) is 4.98 Å². The van der Waals surface area contributed by atoms with Crippen molar-refractivity contribution >= 4 is 22.3 Å². The number of nitrogens with zero attached hydrogens (tertiary/aromatic N) is 2. The van der Waals surface area contributed by atoms with Gasteiger partial charge in [0.15, 0.2) is 0 Å². The monoisotopic (exact) mass is 269 g/mol. The Hall–Kier alpha value is -1.77. The number of rotatable bonds is 1. The zero-order valence-electron chi connectivity index (χ0n) is 12.6. The van der Waals surface area contributed by atoms with Crippen LogP contribution in [0.3, 0.4) is 0 Å². The third-order valence-corrected chi connectivity index (χ3v) is 4.15. The largest absolute Gasteiger partial charge is 0.399 e. The molecule has 1 aliphatic heterocycles. The summed E-state index contributed by atoms with van der Waals surface area (Å²) in [5.74, 6) is 1.48. The lowest BCUT2D eigenvalue weighted by molar-refractivity contribution is 0.357. The van der Waals surface area contributed by atoms with Gasteiger partial charge in [-0.2, -0.15) is 0 Å². The summed E-state index contributed by atoms with van der Waals surface area (Å²) in [6.07, 6.45) is 1.32. The Balaban J connectivity index is 2.12. The Morgan fingerprint density at radius 2 is 1.85 bits per heavy atom. The van der Waals surface area contributed by atoms with Crippen LogP contribution in [0.4, 0.5) is 11.4 Å². The predicted molar refractivity (Wildman–Crippen MR) is 86.1 cm³/mol. The highest BCUT2D eigenvalue weighted by atomic mass is 15.1. The minimum Gasteiger partial charge on any atom is -0.399 e. The standard InChI is InChI=1S/C17H23N3/c1-11-6-12(2)10-20(9-11)17-7-13(3)19-16-5-4-14(18)8-15(16)17/h4-5,7-8,11-12H,6,9-10,18H2,1-3H3. The molecule has 1 saturated heterocycles. The molecule has 3 rings (SSSR count). The Kier molecular flexibility index (Phi) is 3.28. The van der Waals surface area contributed by atoms with Crippen LogP contribution < -0.4 is 10.6 Å². The second-order valence-corrected chi connectivity index (χ2v) is 6.41. The molecular weight excluding hydrogens is 246 g/mol. The highest BCUT2D eigenvalue weighted by Gasteiger charge is 2.23. The van der Waals surface area contributed by atoms with E-state index < -0.39 is 0 Å². The normalized spacial score (nSPS) is 23.2. The van der Waals surface area contributed by atoms with Gasteiger partial charge in [0.1, 0.15) is 0 Å². The molecule has 0 spiro atoms. The van der Waals surface area contributed by atoms with Crippen LogP contribution in [0, 0.1) is 18.8 Å². The number of nitrogen functional groups attached to an aromatic ring is 1. The Bertz CT molecular complexity index is 625. The first kappa shape index (κ1) is 13.2. The summed E-state index contributed by atoms with van der Waals surface area (Å²) in [6.45, 7) is 8.99. The first-order chi connectivity index (χ1) is 9.52. The highest BCUT2D eigenvalue weighted by Crippen LogP contribution is 2.32. The van der Waals surface area contributed by atoms with Crippen molar-refractivity contribution in [2.45, 2.75) is 27.2 Å². The van der Waals surface area contributed by atoms with Crippen LogP contribution in [0.25, 0.3) is 10.9 Å². The van der Waals surface area contributed by atoms with Gasteiger partial charge in [0.05, 0.1) is 5.52 Å². The zero-order chi connectivity index (χ0) is 14.3. The van der Waals surface area contributed by atoms with Crippen LogP contribution >= 0.6 is 0 Å². The van der Waals surface area contributed by atoms with Gasteiger partial charge >= 0.3 is 0 Å². The van der Waals surface area contributed by atoms with Gasteiger partial charge in [-0.15, -0.1) is 0 Å². The minimum absolute atomic E-state index is 0.739. The molecule has 2 aromatic rings. The number of pyridine rings is 1. The molecule has 2 heterocycles. The quantitative estimate of drug-likeness (QED) is 0.804. The van der Waals surface area contributed by atoms with E-state index in [0.717, 1.165) is 41.8 Å². The maximum absolute atomic E-state index is 5.97. The molecule has 0 bridgehead atoms. The number of fused-ring (bicyclic) bond motifs is 1. The minimum atomic E-state index is 0.739. The van der Waals surface area contributed by atoms with Crippen LogP contribution in [-0.4, -0.2) is 18.1 Å². The lowest BCUT2D eigenvalue weighted by atomic mass is 9.91. The van der Waals surface area contributed by atoms with Crippen molar-refractivity contribution in [3.05, 3.63) is 30.0 Å². The molecule has 2 N–H and O–H groups in total. The van der Waals surface area contributed by atoms with Gasteiger partial charge in [-0.3, -0.25) is 4.98 Å². The molecule has 20 heavy (non-hydrogen) atoms. The number of piperidine rings is 1. The second-order valence-electron chi connectivity index (χ2n) is 6.41. The van der Waals surface area contributed by atoms with E-state index >= 15 is 0 Å². The maximum Gasteiger partial charge on any atom is 0.0727 e. The van der Waals surface area contributed by atoms with E-state index in [1.807, 2.05) is 12.1 Å².